The van der Waals surface area contributed by atoms with Crippen molar-refractivity contribution >= 4 is 39.1 Å². The van der Waals surface area contributed by atoms with E-state index in [0.717, 1.165) is 29.5 Å². The Morgan fingerprint density at radius 1 is 1.32 bits per heavy atom. The Hall–Kier alpha value is -0.880. The summed E-state index contributed by atoms with van der Waals surface area (Å²) in [5.74, 6) is -0.276. The highest BCUT2D eigenvalue weighted by molar-refractivity contribution is 9.11. The number of rotatable bonds is 6. The van der Waals surface area contributed by atoms with Crippen LogP contribution in [-0.4, -0.2) is 35.0 Å². The Morgan fingerprint density at radius 3 is 2.68 bits per heavy atom. The van der Waals surface area contributed by atoms with Crippen LogP contribution in [0.15, 0.2) is 15.9 Å². The predicted molar refractivity (Wildman–Crippen MR) is 88.9 cm³/mol. The van der Waals surface area contributed by atoms with E-state index in [9.17, 15) is 14.7 Å². The first-order valence-electron chi connectivity index (χ1n) is 7.79. The van der Waals surface area contributed by atoms with Crippen LogP contribution >= 0.6 is 27.3 Å². The zero-order chi connectivity index (χ0) is 15.7. The largest absolute Gasteiger partial charge is 0.481 e. The number of likely N-dealkylation sites (tertiary alicyclic amines) is 1. The number of carbonyl (C=O) groups excluding carboxylic acids is 1. The molecule has 1 aliphatic carbocycles. The van der Waals surface area contributed by atoms with Crippen LogP contribution in [0, 0.1) is 17.8 Å². The van der Waals surface area contributed by atoms with Gasteiger partial charge in [-0.3, -0.25) is 9.59 Å². The van der Waals surface area contributed by atoms with Crippen LogP contribution in [0.2, 0.25) is 0 Å². The van der Waals surface area contributed by atoms with E-state index in [1.165, 1.54) is 4.88 Å². The molecule has 0 unspecified atom stereocenters. The second kappa shape index (κ2) is 6.71. The molecule has 4 nitrogen and oxygen atoms in total. The van der Waals surface area contributed by atoms with Crippen LogP contribution in [-0.2, 0) is 16.0 Å². The molecule has 1 saturated heterocycles. The number of hydrogen-bond donors (Lipinski definition) is 1. The normalized spacial score (nSPS) is 24.7. The number of carboxylic acid groups (broad SMARTS) is 1. The Labute approximate surface area is 142 Å². The minimum atomic E-state index is -0.740. The summed E-state index contributed by atoms with van der Waals surface area (Å²) in [6.45, 7) is 1.05. The van der Waals surface area contributed by atoms with E-state index in [0.29, 0.717) is 25.4 Å². The van der Waals surface area contributed by atoms with Crippen LogP contribution in [0.1, 0.15) is 30.6 Å². The number of thiophene rings is 1. The average Bonchev–Trinajstić information content (AvgIpc) is 3.08. The van der Waals surface area contributed by atoms with Gasteiger partial charge in [-0.2, -0.15) is 0 Å². The van der Waals surface area contributed by atoms with Gasteiger partial charge in [0.1, 0.15) is 0 Å². The van der Waals surface area contributed by atoms with E-state index >= 15 is 0 Å². The molecular formula is C16H20BrNO3S. The van der Waals surface area contributed by atoms with Gasteiger partial charge in [0, 0.05) is 24.4 Å². The fourth-order valence-electron chi connectivity index (χ4n) is 3.35. The third-order valence-corrected chi connectivity index (χ3v) is 6.39. The average molecular weight is 386 g/mol. The number of aliphatic carboxylic acids is 1. The minimum absolute atomic E-state index is 0.116. The number of carbonyl (C=O) groups is 2. The molecule has 3 rings (SSSR count). The van der Waals surface area contributed by atoms with Crippen LogP contribution in [0.3, 0.4) is 0 Å². The van der Waals surface area contributed by atoms with Crippen LogP contribution in [0.25, 0.3) is 0 Å². The van der Waals surface area contributed by atoms with E-state index in [2.05, 4.69) is 22.0 Å². The molecule has 2 fully saturated rings. The number of nitrogens with zero attached hydrogens (tertiary/aromatic N) is 1. The summed E-state index contributed by atoms with van der Waals surface area (Å²) in [5, 5.41) is 9.35. The molecule has 0 bridgehead atoms. The van der Waals surface area contributed by atoms with Crippen molar-refractivity contribution < 1.29 is 14.7 Å². The number of aryl methyl sites for hydroxylation is 1. The highest BCUT2D eigenvalue weighted by Crippen LogP contribution is 2.44. The first kappa shape index (κ1) is 16.0. The first-order chi connectivity index (χ1) is 10.5. The van der Waals surface area contributed by atoms with Crippen molar-refractivity contribution in [1.82, 2.24) is 4.90 Å². The molecule has 1 aliphatic heterocycles. The molecule has 0 aromatic carbocycles. The van der Waals surface area contributed by atoms with Gasteiger partial charge >= 0.3 is 5.97 Å². The Morgan fingerprint density at radius 2 is 2.09 bits per heavy atom. The van der Waals surface area contributed by atoms with E-state index < -0.39 is 5.97 Å². The fraction of sp³-hybridized carbons (Fsp3) is 0.625. The van der Waals surface area contributed by atoms with E-state index in [1.54, 1.807) is 16.2 Å². The molecule has 2 aliphatic rings. The van der Waals surface area contributed by atoms with Gasteiger partial charge in [0.2, 0.25) is 5.91 Å². The lowest BCUT2D eigenvalue weighted by Gasteiger charge is -2.16. The van der Waals surface area contributed by atoms with Gasteiger partial charge in [-0.15, -0.1) is 11.3 Å². The van der Waals surface area contributed by atoms with Gasteiger partial charge in [-0.25, -0.2) is 0 Å². The first-order valence-corrected chi connectivity index (χ1v) is 9.40. The summed E-state index contributed by atoms with van der Waals surface area (Å²) >= 11 is 5.14. The van der Waals surface area contributed by atoms with Gasteiger partial charge in [-0.05, 0) is 65.6 Å². The van der Waals surface area contributed by atoms with E-state index in [4.69, 9.17) is 0 Å². The molecule has 22 heavy (non-hydrogen) atoms. The molecule has 1 amide bonds. The monoisotopic (exact) mass is 385 g/mol. The molecule has 6 heteroatoms. The minimum Gasteiger partial charge on any atom is -0.481 e. The number of halogens is 1. The van der Waals surface area contributed by atoms with Gasteiger partial charge in [0.05, 0.1) is 9.70 Å². The summed E-state index contributed by atoms with van der Waals surface area (Å²) in [6.07, 6.45) is 4.51. The maximum Gasteiger partial charge on any atom is 0.308 e. The molecule has 0 radical (unpaired) electrons. The quantitative estimate of drug-likeness (QED) is 0.815. The fourth-order valence-corrected chi connectivity index (χ4v) is 4.88. The maximum absolute atomic E-state index is 12.3. The van der Waals surface area contributed by atoms with Crippen LogP contribution in [0.5, 0.6) is 0 Å². The summed E-state index contributed by atoms with van der Waals surface area (Å²) in [7, 11) is 0. The molecular weight excluding hydrogens is 366 g/mol. The summed E-state index contributed by atoms with van der Waals surface area (Å²) in [6, 6.07) is 4.11. The van der Waals surface area contributed by atoms with Crippen molar-refractivity contribution in [2.24, 2.45) is 17.8 Å². The molecule has 1 saturated carbocycles. The molecule has 120 valence electrons. The zero-order valence-corrected chi connectivity index (χ0v) is 14.7. The predicted octanol–water partition coefficient (Wildman–Crippen LogP) is 3.40. The molecule has 2 heterocycles. The van der Waals surface area contributed by atoms with Crippen molar-refractivity contribution in [3.05, 3.63) is 20.8 Å². The SMILES string of the molecule is O=C(O)[C@H]1CN(C(=O)CCCc2ccc(Br)s2)C[C@@H]1C1CC1. The van der Waals surface area contributed by atoms with Crippen molar-refractivity contribution in [3.8, 4) is 0 Å². The second-order valence-electron chi connectivity index (χ2n) is 6.30. The van der Waals surface area contributed by atoms with Gasteiger partial charge in [-0.1, -0.05) is 0 Å². The lowest BCUT2D eigenvalue weighted by Crippen LogP contribution is -2.29. The Bertz CT molecular complexity index is 569. The lowest BCUT2D eigenvalue weighted by atomic mass is 9.92. The number of amides is 1. The summed E-state index contributed by atoms with van der Waals surface area (Å²) in [5.41, 5.74) is 0. The van der Waals surface area contributed by atoms with Crippen molar-refractivity contribution in [2.75, 3.05) is 13.1 Å². The highest BCUT2D eigenvalue weighted by Gasteiger charge is 2.46. The van der Waals surface area contributed by atoms with Crippen LogP contribution in [0.4, 0.5) is 0 Å². The zero-order valence-electron chi connectivity index (χ0n) is 12.3. The van der Waals surface area contributed by atoms with Crippen molar-refractivity contribution in [1.29, 1.82) is 0 Å². The lowest BCUT2D eigenvalue weighted by molar-refractivity contribution is -0.142. The second-order valence-corrected chi connectivity index (χ2v) is 8.85. The maximum atomic E-state index is 12.3. The van der Waals surface area contributed by atoms with Gasteiger partial charge < -0.3 is 10.0 Å². The standard InChI is InChI=1S/C16H20BrNO3S/c17-14-7-6-11(22-14)2-1-3-15(19)18-8-12(10-4-5-10)13(9-18)16(20)21/h6-7,10,12-13H,1-5,8-9H2,(H,20,21)/t12-,13+/m1/s1. The molecule has 1 aromatic rings. The van der Waals surface area contributed by atoms with E-state index in [-0.39, 0.29) is 17.7 Å². The number of hydrogen-bond acceptors (Lipinski definition) is 3. The van der Waals surface area contributed by atoms with Crippen molar-refractivity contribution in [3.63, 3.8) is 0 Å². The third-order valence-electron chi connectivity index (χ3n) is 4.71. The summed E-state index contributed by atoms with van der Waals surface area (Å²) < 4.78 is 1.12. The highest BCUT2D eigenvalue weighted by atomic mass is 79.9. The third kappa shape index (κ3) is 3.71. The Balaban J connectivity index is 1.49. The van der Waals surface area contributed by atoms with Gasteiger partial charge in [0.15, 0.2) is 0 Å². The molecule has 1 N–H and O–H groups in total. The Kier molecular flexibility index (Phi) is 4.88. The van der Waals surface area contributed by atoms with Crippen LogP contribution < -0.4 is 0 Å². The smallest absolute Gasteiger partial charge is 0.308 e. The van der Waals surface area contributed by atoms with Gasteiger partial charge in [0.25, 0.3) is 0 Å². The molecule has 2 atom stereocenters. The molecule has 1 aromatic heterocycles. The van der Waals surface area contributed by atoms with E-state index in [1.807, 2.05) is 6.07 Å². The van der Waals surface area contributed by atoms with Crippen molar-refractivity contribution in [2.45, 2.75) is 32.1 Å². The topological polar surface area (TPSA) is 57.6 Å². The summed E-state index contributed by atoms with van der Waals surface area (Å²) in [4.78, 5) is 26.8. The number of carboxylic acids is 1. The molecule has 0 spiro atoms.